The summed E-state index contributed by atoms with van der Waals surface area (Å²) in [7, 11) is 1.45. The van der Waals surface area contributed by atoms with E-state index in [2.05, 4.69) is 17.7 Å². The van der Waals surface area contributed by atoms with Crippen molar-refractivity contribution in [2.24, 2.45) is 23.7 Å². The van der Waals surface area contributed by atoms with Crippen LogP contribution in [0.1, 0.15) is 84.0 Å². The quantitative estimate of drug-likeness (QED) is 0.331. The summed E-state index contributed by atoms with van der Waals surface area (Å²) in [6.07, 6.45) is 20.5. The zero-order chi connectivity index (χ0) is 16.5. The van der Waals surface area contributed by atoms with Gasteiger partial charge in [0.25, 0.3) is 0 Å². The first-order valence-corrected chi connectivity index (χ1v) is 9.99. The van der Waals surface area contributed by atoms with E-state index in [0.717, 1.165) is 17.8 Å². The lowest BCUT2D eigenvalue weighted by molar-refractivity contribution is -0.134. The monoisotopic (exact) mass is 320 g/mol. The minimum atomic E-state index is -0.214. The average Bonchev–Trinajstić information content (AvgIpc) is 2.61. The highest BCUT2D eigenvalue weighted by molar-refractivity contribution is 5.81. The van der Waals surface area contributed by atoms with Crippen LogP contribution in [-0.4, -0.2) is 13.1 Å². The first-order chi connectivity index (χ1) is 11.2. The van der Waals surface area contributed by atoms with E-state index in [0.29, 0.717) is 5.92 Å². The number of unbranched alkanes of at least 4 members (excludes halogenated alkanes) is 2. The van der Waals surface area contributed by atoms with Gasteiger partial charge in [0.05, 0.1) is 7.11 Å². The van der Waals surface area contributed by atoms with Gasteiger partial charge >= 0.3 is 5.97 Å². The van der Waals surface area contributed by atoms with Crippen LogP contribution >= 0.6 is 0 Å². The molecule has 2 saturated carbocycles. The molecule has 2 fully saturated rings. The van der Waals surface area contributed by atoms with Gasteiger partial charge in [0.1, 0.15) is 0 Å². The number of allylic oxidation sites excluding steroid dienone is 1. The summed E-state index contributed by atoms with van der Waals surface area (Å²) in [6.45, 7) is 2.30. The van der Waals surface area contributed by atoms with Gasteiger partial charge in [-0.15, -0.1) is 0 Å². The van der Waals surface area contributed by atoms with E-state index in [9.17, 15) is 4.79 Å². The number of methoxy groups -OCH3 is 1. The molecule has 0 saturated heterocycles. The predicted octanol–water partition coefficient (Wildman–Crippen LogP) is 5.91. The Hall–Kier alpha value is -0.790. The van der Waals surface area contributed by atoms with Gasteiger partial charge in [0.2, 0.25) is 0 Å². The molecule has 0 unspecified atom stereocenters. The maximum atomic E-state index is 11.2. The van der Waals surface area contributed by atoms with E-state index >= 15 is 0 Å². The number of ether oxygens (including phenoxy) is 1. The lowest BCUT2D eigenvalue weighted by Crippen LogP contribution is -2.25. The van der Waals surface area contributed by atoms with E-state index in [1.807, 2.05) is 0 Å². The zero-order valence-electron chi connectivity index (χ0n) is 15.3. The normalized spacial score (nSPS) is 32.1. The summed E-state index contributed by atoms with van der Waals surface area (Å²) >= 11 is 0. The van der Waals surface area contributed by atoms with Crippen molar-refractivity contribution >= 4 is 5.97 Å². The Morgan fingerprint density at radius 1 is 0.957 bits per heavy atom. The standard InChI is InChI=1S/C21H36O2/c1-3-4-5-6-17-7-12-19(13-8-17)20-14-9-18(10-15-20)11-16-21(22)23-2/h11,16-20H,3-10,12-15H2,1-2H3/t17-,18-,19-,20-. The summed E-state index contributed by atoms with van der Waals surface area (Å²) in [5, 5.41) is 0. The minimum Gasteiger partial charge on any atom is -0.466 e. The number of hydrogen-bond acceptors (Lipinski definition) is 2. The molecule has 132 valence electrons. The molecular weight excluding hydrogens is 284 g/mol. The summed E-state index contributed by atoms with van der Waals surface area (Å²) < 4.78 is 4.68. The predicted molar refractivity (Wildman–Crippen MR) is 96.2 cm³/mol. The van der Waals surface area contributed by atoms with Crippen molar-refractivity contribution in [1.82, 2.24) is 0 Å². The van der Waals surface area contributed by atoms with E-state index in [1.54, 1.807) is 6.08 Å². The van der Waals surface area contributed by atoms with Crippen LogP contribution in [0.4, 0.5) is 0 Å². The molecule has 0 aromatic rings. The van der Waals surface area contributed by atoms with Crippen molar-refractivity contribution in [3.05, 3.63) is 12.2 Å². The molecule has 23 heavy (non-hydrogen) atoms. The van der Waals surface area contributed by atoms with Crippen molar-refractivity contribution in [2.45, 2.75) is 84.0 Å². The van der Waals surface area contributed by atoms with Crippen LogP contribution in [0.15, 0.2) is 12.2 Å². The fraction of sp³-hybridized carbons (Fsp3) is 0.857. The van der Waals surface area contributed by atoms with Crippen LogP contribution in [0.2, 0.25) is 0 Å². The third-order valence-electron chi connectivity index (χ3n) is 6.30. The summed E-state index contributed by atoms with van der Waals surface area (Å²) in [6, 6.07) is 0. The molecule has 0 aliphatic heterocycles. The fourth-order valence-corrected chi connectivity index (χ4v) is 4.72. The highest BCUT2D eigenvalue weighted by atomic mass is 16.5. The molecule has 0 N–H and O–H groups in total. The fourth-order valence-electron chi connectivity index (χ4n) is 4.72. The van der Waals surface area contributed by atoms with Gasteiger partial charge in [0, 0.05) is 6.08 Å². The Balaban J connectivity index is 1.64. The first kappa shape index (κ1) is 18.5. The smallest absolute Gasteiger partial charge is 0.330 e. The topological polar surface area (TPSA) is 26.3 Å². The third kappa shape index (κ3) is 6.31. The van der Waals surface area contributed by atoms with Crippen LogP contribution in [0.5, 0.6) is 0 Å². The van der Waals surface area contributed by atoms with Gasteiger partial charge in [-0.1, -0.05) is 51.5 Å². The number of rotatable bonds is 7. The van der Waals surface area contributed by atoms with E-state index in [-0.39, 0.29) is 5.97 Å². The third-order valence-corrected chi connectivity index (χ3v) is 6.30. The van der Waals surface area contributed by atoms with Gasteiger partial charge in [-0.3, -0.25) is 0 Å². The number of hydrogen-bond donors (Lipinski definition) is 0. The van der Waals surface area contributed by atoms with Crippen LogP contribution < -0.4 is 0 Å². The Labute approximate surface area is 143 Å². The maximum absolute atomic E-state index is 11.2. The van der Waals surface area contributed by atoms with Crippen molar-refractivity contribution in [3.63, 3.8) is 0 Å². The molecule has 0 heterocycles. The van der Waals surface area contributed by atoms with Crippen molar-refractivity contribution in [1.29, 1.82) is 0 Å². The molecular formula is C21H36O2. The molecule has 2 heteroatoms. The van der Waals surface area contributed by atoms with Crippen molar-refractivity contribution < 1.29 is 9.53 Å². The van der Waals surface area contributed by atoms with Crippen LogP contribution in [0, 0.1) is 23.7 Å². The molecule has 0 radical (unpaired) electrons. The summed E-state index contributed by atoms with van der Waals surface area (Å²) in [5.41, 5.74) is 0. The highest BCUT2D eigenvalue weighted by Crippen LogP contribution is 2.42. The average molecular weight is 321 g/mol. The Bertz CT molecular complexity index is 358. The molecule has 2 aliphatic rings. The Kier molecular flexibility index (Phi) is 8.19. The number of carbonyl (C=O) groups is 1. The van der Waals surface area contributed by atoms with Gasteiger partial charge in [-0.05, 0) is 62.2 Å². The van der Waals surface area contributed by atoms with E-state index in [1.165, 1.54) is 84.2 Å². The lowest BCUT2D eigenvalue weighted by atomic mass is 9.68. The van der Waals surface area contributed by atoms with Crippen LogP contribution in [0.25, 0.3) is 0 Å². The largest absolute Gasteiger partial charge is 0.466 e. The molecule has 0 atom stereocenters. The number of carbonyl (C=O) groups excluding carboxylic acids is 1. The van der Waals surface area contributed by atoms with Crippen LogP contribution in [0.3, 0.4) is 0 Å². The Morgan fingerprint density at radius 2 is 1.57 bits per heavy atom. The van der Waals surface area contributed by atoms with Gasteiger partial charge in [0.15, 0.2) is 0 Å². The first-order valence-electron chi connectivity index (χ1n) is 9.99. The van der Waals surface area contributed by atoms with Crippen molar-refractivity contribution in [3.8, 4) is 0 Å². The second-order valence-electron chi connectivity index (χ2n) is 7.83. The maximum Gasteiger partial charge on any atom is 0.330 e. The molecule has 0 amide bonds. The molecule has 0 aromatic heterocycles. The molecule has 0 bridgehead atoms. The molecule has 2 rings (SSSR count). The highest BCUT2D eigenvalue weighted by Gasteiger charge is 2.30. The SMILES string of the molecule is CCCCC[C@H]1CC[C@H]([C@H]2CC[C@H](C=CC(=O)OC)CC2)CC1. The second kappa shape index (κ2) is 10.2. The van der Waals surface area contributed by atoms with Gasteiger partial charge in [-0.2, -0.15) is 0 Å². The molecule has 0 aromatic carbocycles. The second-order valence-corrected chi connectivity index (χ2v) is 7.83. The van der Waals surface area contributed by atoms with Gasteiger partial charge < -0.3 is 4.74 Å². The van der Waals surface area contributed by atoms with Gasteiger partial charge in [-0.25, -0.2) is 4.79 Å². The van der Waals surface area contributed by atoms with Crippen molar-refractivity contribution in [2.75, 3.05) is 7.11 Å². The minimum absolute atomic E-state index is 0.214. The zero-order valence-corrected chi connectivity index (χ0v) is 15.3. The van der Waals surface area contributed by atoms with E-state index < -0.39 is 0 Å². The molecule has 2 nitrogen and oxygen atoms in total. The molecule has 2 aliphatic carbocycles. The van der Waals surface area contributed by atoms with E-state index in [4.69, 9.17) is 0 Å². The summed E-state index contributed by atoms with van der Waals surface area (Å²) in [4.78, 5) is 11.2. The molecule has 0 spiro atoms. The summed E-state index contributed by atoms with van der Waals surface area (Å²) in [5.74, 6) is 3.35. The Morgan fingerprint density at radius 3 is 2.13 bits per heavy atom. The van der Waals surface area contributed by atoms with Crippen LogP contribution in [-0.2, 0) is 9.53 Å². The lowest BCUT2D eigenvalue weighted by Gasteiger charge is -2.37. The number of esters is 1.